The zero-order chi connectivity index (χ0) is 15.2. The van der Waals surface area contributed by atoms with Crippen molar-refractivity contribution >= 4 is 29.3 Å². The van der Waals surface area contributed by atoms with Gasteiger partial charge in [0.25, 0.3) is 5.91 Å². The molecule has 1 aromatic carbocycles. The molecule has 21 heavy (non-hydrogen) atoms. The van der Waals surface area contributed by atoms with Crippen LogP contribution in [0, 0.1) is 6.92 Å². The lowest BCUT2D eigenvalue weighted by Crippen LogP contribution is -2.38. The molecule has 6 heteroatoms. The molecule has 1 N–H and O–H groups in total. The number of hydrogen-bond acceptors (Lipinski definition) is 5. The molecule has 1 fully saturated rings. The number of ether oxygens (including phenoxy) is 1. The molecule has 5 nitrogen and oxygen atoms in total. The summed E-state index contributed by atoms with van der Waals surface area (Å²) in [6.07, 6.45) is 0. The largest absolute Gasteiger partial charge is 0.468 e. The zero-order valence-electron chi connectivity index (χ0n) is 12.3. The number of methoxy groups -OCH3 is 1. The second-order valence-electron chi connectivity index (χ2n) is 4.81. The summed E-state index contributed by atoms with van der Waals surface area (Å²) in [6, 6.07) is 5.53. The van der Waals surface area contributed by atoms with Crippen molar-refractivity contribution in [2.24, 2.45) is 0 Å². The second-order valence-corrected chi connectivity index (χ2v) is 6.04. The van der Waals surface area contributed by atoms with Crippen molar-refractivity contribution in [1.29, 1.82) is 0 Å². The third-order valence-electron chi connectivity index (χ3n) is 3.51. The summed E-state index contributed by atoms with van der Waals surface area (Å²) in [5.41, 5.74) is 2.35. The lowest BCUT2D eigenvalue weighted by atomic mass is 10.1. The maximum Gasteiger partial charge on any atom is 0.325 e. The zero-order valence-corrected chi connectivity index (χ0v) is 13.2. The molecule has 0 aliphatic carbocycles. The Balaban J connectivity index is 2.12. The number of thioether (sulfide) groups is 1. The van der Waals surface area contributed by atoms with Gasteiger partial charge in [-0.2, -0.15) is 11.8 Å². The van der Waals surface area contributed by atoms with Gasteiger partial charge in [0.05, 0.1) is 7.11 Å². The summed E-state index contributed by atoms with van der Waals surface area (Å²) in [4.78, 5) is 25.7. The van der Waals surface area contributed by atoms with Crippen molar-refractivity contribution in [2.45, 2.75) is 6.92 Å². The van der Waals surface area contributed by atoms with Gasteiger partial charge in [0.2, 0.25) is 0 Å². The van der Waals surface area contributed by atoms with E-state index in [9.17, 15) is 9.59 Å². The van der Waals surface area contributed by atoms with Gasteiger partial charge in [0.15, 0.2) is 0 Å². The van der Waals surface area contributed by atoms with Gasteiger partial charge in [-0.05, 0) is 24.6 Å². The summed E-state index contributed by atoms with van der Waals surface area (Å²) in [7, 11) is 1.35. The number of nitrogens with one attached hydrogen (secondary N) is 1. The monoisotopic (exact) mass is 308 g/mol. The fourth-order valence-electron chi connectivity index (χ4n) is 2.24. The van der Waals surface area contributed by atoms with Gasteiger partial charge in [-0.25, -0.2) is 0 Å². The number of amides is 1. The smallest absolute Gasteiger partial charge is 0.325 e. The van der Waals surface area contributed by atoms with Crippen LogP contribution in [-0.4, -0.2) is 55.0 Å². The molecule has 0 spiro atoms. The van der Waals surface area contributed by atoms with Crippen molar-refractivity contribution in [3.8, 4) is 0 Å². The number of rotatable bonds is 4. The minimum absolute atomic E-state index is 0.0644. The van der Waals surface area contributed by atoms with E-state index in [0.29, 0.717) is 5.56 Å². The van der Waals surface area contributed by atoms with Gasteiger partial charge >= 0.3 is 5.97 Å². The SMILES string of the molecule is COC(=O)CNc1cccc(C(=O)N2CCSCC2)c1C. The molecule has 0 radical (unpaired) electrons. The lowest BCUT2D eigenvalue weighted by molar-refractivity contribution is -0.138. The van der Waals surface area contributed by atoms with Crippen LogP contribution < -0.4 is 5.32 Å². The molecule has 1 heterocycles. The highest BCUT2D eigenvalue weighted by atomic mass is 32.2. The predicted molar refractivity (Wildman–Crippen MR) is 84.9 cm³/mol. The number of hydrogen-bond donors (Lipinski definition) is 1. The fraction of sp³-hybridized carbons (Fsp3) is 0.467. The van der Waals surface area contributed by atoms with Crippen LogP contribution in [0.15, 0.2) is 18.2 Å². The van der Waals surface area contributed by atoms with E-state index in [2.05, 4.69) is 10.1 Å². The summed E-state index contributed by atoms with van der Waals surface area (Å²) in [5.74, 6) is 1.71. The number of benzene rings is 1. The van der Waals surface area contributed by atoms with E-state index in [4.69, 9.17) is 0 Å². The van der Waals surface area contributed by atoms with E-state index in [1.165, 1.54) is 7.11 Å². The van der Waals surface area contributed by atoms with Gasteiger partial charge in [-0.3, -0.25) is 9.59 Å². The second kappa shape index (κ2) is 7.36. The van der Waals surface area contributed by atoms with Crippen LogP contribution in [-0.2, 0) is 9.53 Å². The van der Waals surface area contributed by atoms with Crippen molar-refractivity contribution in [3.63, 3.8) is 0 Å². The lowest BCUT2D eigenvalue weighted by Gasteiger charge is -2.27. The number of carbonyl (C=O) groups excluding carboxylic acids is 2. The van der Waals surface area contributed by atoms with Gasteiger partial charge in [0, 0.05) is 35.8 Å². The molecule has 0 aromatic heterocycles. The van der Waals surface area contributed by atoms with Crippen molar-refractivity contribution in [2.75, 3.05) is 43.6 Å². The van der Waals surface area contributed by atoms with E-state index >= 15 is 0 Å². The number of esters is 1. The van der Waals surface area contributed by atoms with Crippen LogP contribution in [0.5, 0.6) is 0 Å². The molecular formula is C15H20N2O3S. The third-order valence-corrected chi connectivity index (χ3v) is 4.46. The molecular weight excluding hydrogens is 288 g/mol. The molecule has 1 amide bonds. The molecule has 0 saturated carbocycles. The highest BCUT2D eigenvalue weighted by Crippen LogP contribution is 2.21. The summed E-state index contributed by atoms with van der Waals surface area (Å²) in [5, 5.41) is 3.01. The Morgan fingerprint density at radius 2 is 2.05 bits per heavy atom. The average Bonchev–Trinajstić information content (AvgIpc) is 2.53. The van der Waals surface area contributed by atoms with Gasteiger partial charge in [-0.15, -0.1) is 0 Å². The standard InChI is InChI=1S/C15H20N2O3S/c1-11-12(15(19)17-6-8-21-9-7-17)4-3-5-13(11)16-10-14(18)20-2/h3-5,16H,6-10H2,1-2H3. The molecule has 1 aliphatic heterocycles. The molecule has 114 valence electrons. The first-order valence-electron chi connectivity index (χ1n) is 6.91. The minimum Gasteiger partial charge on any atom is -0.468 e. The Labute approximate surface area is 129 Å². The predicted octanol–water partition coefficient (Wildman–Crippen LogP) is 1.77. The first-order chi connectivity index (χ1) is 10.1. The maximum absolute atomic E-state index is 12.6. The molecule has 2 rings (SSSR count). The van der Waals surface area contributed by atoms with Gasteiger partial charge in [0.1, 0.15) is 6.54 Å². The Morgan fingerprint density at radius 1 is 1.33 bits per heavy atom. The van der Waals surface area contributed by atoms with Crippen LogP contribution in [0.2, 0.25) is 0 Å². The molecule has 1 saturated heterocycles. The van der Waals surface area contributed by atoms with Crippen molar-refractivity contribution in [3.05, 3.63) is 29.3 Å². The van der Waals surface area contributed by atoms with E-state index in [1.54, 1.807) is 0 Å². The van der Waals surface area contributed by atoms with Gasteiger partial charge in [-0.1, -0.05) is 6.07 Å². The van der Waals surface area contributed by atoms with Gasteiger partial charge < -0.3 is 15.0 Å². The van der Waals surface area contributed by atoms with Crippen LogP contribution in [0.3, 0.4) is 0 Å². The normalized spacial score (nSPS) is 14.7. The van der Waals surface area contributed by atoms with Crippen LogP contribution in [0.25, 0.3) is 0 Å². The van der Waals surface area contributed by atoms with E-state index in [-0.39, 0.29) is 18.4 Å². The van der Waals surface area contributed by atoms with Crippen LogP contribution >= 0.6 is 11.8 Å². The summed E-state index contributed by atoms with van der Waals surface area (Å²) < 4.78 is 4.61. The average molecular weight is 308 g/mol. The number of carbonyl (C=O) groups is 2. The quantitative estimate of drug-likeness (QED) is 0.859. The molecule has 0 atom stereocenters. The third kappa shape index (κ3) is 3.91. The Bertz CT molecular complexity index is 528. The Morgan fingerprint density at radius 3 is 2.71 bits per heavy atom. The van der Waals surface area contributed by atoms with Crippen LogP contribution in [0.1, 0.15) is 15.9 Å². The Hall–Kier alpha value is -1.69. The fourth-order valence-corrected chi connectivity index (χ4v) is 3.14. The van der Waals surface area contributed by atoms with E-state index < -0.39 is 0 Å². The topological polar surface area (TPSA) is 58.6 Å². The number of anilines is 1. The van der Waals surface area contributed by atoms with Crippen LogP contribution in [0.4, 0.5) is 5.69 Å². The van der Waals surface area contributed by atoms with E-state index in [1.807, 2.05) is 41.8 Å². The molecule has 1 aliphatic rings. The first kappa shape index (κ1) is 15.7. The minimum atomic E-state index is -0.334. The first-order valence-corrected chi connectivity index (χ1v) is 8.06. The maximum atomic E-state index is 12.6. The van der Waals surface area contributed by atoms with Crippen molar-refractivity contribution in [1.82, 2.24) is 4.90 Å². The number of nitrogens with zero attached hydrogens (tertiary/aromatic N) is 1. The van der Waals surface area contributed by atoms with Crippen molar-refractivity contribution < 1.29 is 14.3 Å². The summed E-state index contributed by atoms with van der Waals surface area (Å²) >= 11 is 1.87. The highest BCUT2D eigenvalue weighted by Gasteiger charge is 2.20. The highest BCUT2D eigenvalue weighted by molar-refractivity contribution is 7.99. The summed E-state index contributed by atoms with van der Waals surface area (Å²) in [6.45, 7) is 3.58. The molecule has 1 aromatic rings. The molecule has 0 bridgehead atoms. The Kier molecular flexibility index (Phi) is 5.50. The van der Waals surface area contributed by atoms with E-state index in [0.717, 1.165) is 35.8 Å². The molecule has 0 unspecified atom stereocenters.